The van der Waals surface area contributed by atoms with E-state index < -0.39 is 6.04 Å². The maximum Gasteiger partial charge on any atom is 0.246 e. The smallest absolute Gasteiger partial charge is 0.246 e. The molecule has 2 fully saturated rings. The van der Waals surface area contributed by atoms with E-state index in [-0.39, 0.29) is 24.6 Å². The molecule has 3 heterocycles. The van der Waals surface area contributed by atoms with E-state index >= 15 is 0 Å². The van der Waals surface area contributed by atoms with Gasteiger partial charge in [0.2, 0.25) is 18.6 Å². The zero-order chi connectivity index (χ0) is 16.1. The zero-order valence-corrected chi connectivity index (χ0v) is 13.5. The summed E-state index contributed by atoms with van der Waals surface area (Å²) in [6.07, 6.45) is 1.62. The first-order valence-corrected chi connectivity index (χ1v) is 8.13. The lowest BCUT2D eigenvalue weighted by Gasteiger charge is -2.41. The highest BCUT2D eigenvalue weighted by Gasteiger charge is 2.46. The minimum Gasteiger partial charge on any atom is -0.454 e. The van der Waals surface area contributed by atoms with Crippen LogP contribution in [0.4, 0.5) is 0 Å². The summed E-state index contributed by atoms with van der Waals surface area (Å²) in [5.74, 6) is 1.25. The zero-order valence-electron chi connectivity index (χ0n) is 12.8. The van der Waals surface area contributed by atoms with Crippen molar-refractivity contribution < 1.29 is 19.1 Å². The van der Waals surface area contributed by atoms with Gasteiger partial charge in [-0.2, -0.15) is 0 Å². The van der Waals surface area contributed by atoms with Gasteiger partial charge >= 0.3 is 0 Å². The summed E-state index contributed by atoms with van der Waals surface area (Å²) in [5, 5.41) is 0.510. The van der Waals surface area contributed by atoms with E-state index in [2.05, 4.69) is 0 Å². The van der Waals surface area contributed by atoms with Gasteiger partial charge in [0.15, 0.2) is 11.5 Å². The average molecular weight is 337 g/mol. The van der Waals surface area contributed by atoms with Gasteiger partial charge in [0, 0.05) is 24.2 Å². The molecule has 0 radical (unpaired) electrons. The van der Waals surface area contributed by atoms with Crippen LogP contribution in [0.15, 0.2) is 12.1 Å². The van der Waals surface area contributed by atoms with E-state index in [1.807, 2.05) is 0 Å². The van der Waals surface area contributed by atoms with Gasteiger partial charge in [0.1, 0.15) is 12.1 Å². The predicted octanol–water partition coefficient (Wildman–Crippen LogP) is 1.79. The van der Waals surface area contributed by atoms with Crippen LogP contribution in [0.25, 0.3) is 0 Å². The van der Waals surface area contributed by atoms with Crippen LogP contribution in [-0.2, 0) is 16.1 Å². The van der Waals surface area contributed by atoms with Crippen LogP contribution in [0, 0.1) is 0 Å². The highest BCUT2D eigenvalue weighted by atomic mass is 35.5. The number of hydrogen-bond donors (Lipinski definition) is 0. The van der Waals surface area contributed by atoms with Gasteiger partial charge < -0.3 is 19.3 Å². The first-order chi connectivity index (χ1) is 11.1. The van der Waals surface area contributed by atoms with E-state index in [1.54, 1.807) is 28.9 Å². The molecule has 0 unspecified atom stereocenters. The lowest BCUT2D eigenvalue weighted by atomic mass is 10.0. The van der Waals surface area contributed by atoms with E-state index in [9.17, 15) is 9.59 Å². The molecule has 23 heavy (non-hydrogen) atoms. The number of hydrogen-bond acceptors (Lipinski definition) is 4. The minimum absolute atomic E-state index is 0.00309. The summed E-state index contributed by atoms with van der Waals surface area (Å²) in [5.41, 5.74) is 0.760. The van der Waals surface area contributed by atoms with Crippen molar-refractivity contribution in [1.82, 2.24) is 9.80 Å². The maximum absolute atomic E-state index is 12.7. The van der Waals surface area contributed by atoms with Crippen LogP contribution in [-0.4, -0.2) is 47.0 Å². The minimum atomic E-state index is -0.474. The number of benzene rings is 1. The largest absolute Gasteiger partial charge is 0.454 e. The molecule has 0 aliphatic carbocycles. The molecule has 4 rings (SSSR count). The van der Waals surface area contributed by atoms with Gasteiger partial charge in [0.25, 0.3) is 0 Å². The Morgan fingerprint density at radius 3 is 2.74 bits per heavy atom. The molecular weight excluding hydrogens is 320 g/mol. The fourth-order valence-electron chi connectivity index (χ4n) is 3.52. The Balaban J connectivity index is 1.63. The molecule has 122 valence electrons. The van der Waals surface area contributed by atoms with Crippen molar-refractivity contribution in [3.63, 3.8) is 0 Å². The number of nitrogens with zero attached hydrogens (tertiary/aromatic N) is 2. The third kappa shape index (κ3) is 2.24. The Hall–Kier alpha value is -1.95. The molecule has 3 aliphatic rings. The summed E-state index contributed by atoms with van der Waals surface area (Å²) in [4.78, 5) is 28.6. The molecule has 0 saturated carbocycles. The number of halogens is 1. The summed E-state index contributed by atoms with van der Waals surface area (Å²) in [7, 11) is 0. The summed E-state index contributed by atoms with van der Waals surface area (Å²) in [6.45, 7) is 2.92. The molecule has 2 atom stereocenters. The molecule has 1 aromatic carbocycles. The Morgan fingerprint density at radius 2 is 1.96 bits per heavy atom. The van der Waals surface area contributed by atoms with Gasteiger partial charge in [0.05, 0.1) is 0 Å². The van der Waals surface area contributed by atoms with E-state index in [1.165, 1.54) is 0 Å². The second-order valence-electron chi connectivity index (χ2n) is 6.13. The Labute approximate surface area is 138 Å². The van der Waals surface area contributed by atoms with Crippen molar-refractivity contribution in [2.75, 3.05) is 13.3 Å². The lowest BCUT2D eigenvalue weighted by Crippen LogP contribution is -2.61. The Morgan fingerprint density at radius 1 is 1.22 bits per heavy atom. The monoisotopic (exact) mass is 336 g/mol. The van der Waals surface area contributed by atoms with Crippen molar-refractivity contribution in [2.24, 2.45) is 0 Å². The third-order valence-electron chi connectivity index (χ3n) is 4.81. The normalized spacial score (nSPS) is 26.0. The van der Waals surface area contributed by atoms with Crippen molar-refractivity contribution in [3.8, 4) is 11.5 Å². The van der Waals surface area contributed by atoms with E-state index in [0.29, 0.717) is 29.6 Å². The van der Waals surface area contributed by atoms with Crippen molar-refractivity contribution in [1.29, 1.82) is 0 Å². The molecule has 2 saturated heterocycles. The van der Waals surface area contributed by atoms with Crippen LogP contribution < -0.4 is 9.47 Å². The number of carbonyl (C=O) groups is 2. The fourth-order valence-corrected chi connectivity index (χ4v) is 3.74. The van der Waals surface area contributed by atoms with Crippen LogP contribution in [0.5, 0.6) is 11.5 Å². The molecule has 1 aromatic rings. The van der Waals surface area contributed by atoms with Gasteiger partial charge in [-0.15, -0.1) is 0 Å². The highest BCUT2D eigenvalue weighted by molar-refractivity contribution is 6.31. The average Bonchev–Trinajstić information content (AvgIpc) is 3.18. The fraction of sp³-hybridized carbons (Fsp3) is 0.500. The van der Waals surface area contributed by atoms with Gasteiger partial charge in [-0.1, -0.05) is 11.6 Å². The van der Waals surface area contributed by atoms with Gasteiger partial charge in [-0.05, 0) is 31.4 Å². The van der Waals surface area contributed by atoms with Crippen molar-refractivity contribution >= 4 is 23.4 Å². The first kappa shape index (κ1) is 14.6. The molecule has 6 nitrogen and oxygen atoms in total. The number of piperazine rings is 1. The van der Waals surface area contributed by atoms with Gasteiger partial charge in [-0.3, -0.25) is 9.59 Å². The maximum atomic E-state index is 12.7. The van der Waals surface area contributed by atoms with Crippen molar-refractivity contribution in [3.05, 3.63) is 22.7 Å². The SMILES string of the molecule is C[C@H]1C(=O)N2CCC[C@H]2C(=O)N1Cc1cc2c(cc1Cl)OCO2. The van der Waals surface area contributed by atoms with Crippen LogP contribution >= 0.6 is 11.6 Å². The molecule has 7 heteroatoms. The highest BCUT2D eigenvalue weighted by Crippen LogP contribution is 2.38. The second-order valence-corrected chi connectivity index (χ2v) is 6.54. The number of rotatable bonds is 2. The van der Waals surface area contributed by atoms with Crippen LogP contribution in [0.1, 0.15) is 25.3 Å². The van der Waals surface area contributed by atoms with E-state index in [0.717, 1.165) is 18.4 Å². The molecule has 0 bridgehead atoms. The lowest BCUT2D eigenvalue weighted by molar-refractivity contribution is -0.159. The number of amides is 2. The molecule has 0 N–H and O–H groups in total. The van der Waals surface area contributed by atoms with Crippen molar-refractivity contribution in [2.45, 2.75) is 38.4 Å². The molecular formula is C16H17ClN2O4. The second kappa shape index (κ2) is 5.30. The Kier molecular flexibility index (Phi) is 3.37. The molecule has 0 spiro atoms. The van der Waals surface area contributed by atoms with Crippen LogP contribution in [0.3, 0.4) is 0 Å². The summed E-state index contributed by atoms with van der Waals surface area (Å²) < 4.78 is 10.7. The van der Waals surface area contributed by atoms with Crippen LogP contribution in [0.2, 0.25) is 5.02 Å². The predicted molar refractivity (Wildman–Crippen MR) is 82.3 cm³/mol. The molecule has 0 aromatic heterocycles. The topological polar surface area (TPSA) is 59.1 Å². The standard InChI is InChI=1S/C16H17ClN2O4/c1-9-15(20)18-4-2-3-12(18)16(21)19(9)7-10-5-13-14(6-11(10)17)23-8-22-13/h5-6,9,12H,2-4,7-8H2,1H3/t9-,12-/m0/s1. The molecule has 2 amide bonds. The number of carbonyl (C=O) groups excluding carboxylic acids is 2. The third-order valence-corrected chi connectivity index (χ3v) is 5.16. The number of ether oxygens (including phenoxy) is 2. The Bertz CT molecular complexity index is 693. The summed E-state index contributed by atoms with van der Waals surface area (Å²) in [6, 6.07) is 2.70. The molecule has 3 aliphatic heterocycles. The van der Waals surface area contributed by atoms with E-state index in [4.69, 9.17) is 21.1 Å². The quantitative estimate of drug-likeness (QED) is 0.826. The van der Waals surface area contributed by atoms with Gasteiger partial charge in [-0.25, -0.2) is 0 Å². The first-order valence-electron chi connectivity index (χ1n) is 7.75. The summed E-state index contributed by atoms with van der Waals surface area (Å²) >= 11 is 6.30. The number of fused-ring (bicyclic) bond motifs is 2.